The van der Waals surface area contributed by atoms with Crippen molar-refractivity contribution in [2.75, 3.05) is 21.0 Å². The Bertz CT molecular complexity index is 1100. The normalized spacial score (nSPS) is 17.1. The molecule has 0 spiro atoms. The van der Waals surface area contributed by atoms with Crippen molar-refractivity contribution in [2.45, 2.75) is 13.1 Å². The maximum atomic E-state index is 11.6. The molecule has 0 fully saturated rings. The highest BCUT2D eigenvalue weighted by Crippen LogP contribution is 2.42. The van der Waals surface area contributed by atoms with Crippen LogP contribution in [0.4, 0.5) is 5.69 Å². The number of nitrogens with zero attached hydrogens (tertiary/aromatic N) is 3. The van der Waals surface area contributed by atoms with E-state index in [0.29, 0.717) is 33.5 Å². The van der Waals surface area contributed by atoms with Gasteiger partial charge in [0.2, 0.25) is 6.79 Å². The highest BCUT2D eigenvalue weighted by atomic mass is 16.7. The van der Waals surface area contributed by atoms with Crippen LogP contribution in [0, 0.1) is 10.1 Å². The number of rotatable bonds is 4. The molecule has 0 amide bonds. The second-order valence-corrected chi connectivity index (χ2v) is 6.18. The molecule has 2 aliphatic heterocycles. The summed E-state index contributed by atoms with van der Waals surface area (Å²) >= 11 is 0. The Hall–Kier alpha value is -3.53. The third-order valence-corrected chi connectivity index (χ3v) is 4.73. The molecule has 0 aromatic heterocycles. The van der Waals surface area contributed by atoms with Crippen LogP contribution in [0.2, 0.25) is 0 Å². The molecule has 10 nitrogen and oxygen atoms in total. The van der Waals surface area contributed by atoms with Crippen LogP contribution in [0.15, 0.2) is 29.3 Å². The van der Waals surface area contributed by atoms with Gasteiger partial charge in [0, 0.05) is 11.3 Å². The molecular weight excluding hydrogens is 370 g/mol. The van der Waals surface area contributed by atoms with Gasteiger partial charge in [-0.1, -0.05) is 0 Å². The number of hydrogen-bond donors (Lipinski definition) is 1. The van der Waals surface area contributed by atoms with Gasteiger partial charge in [-0.05, 0) is 19.1 Å². The third kappa shape index (κ3) is 2.65. The van der Waals surface area contributed by atoms with Gasteiger partial charge in [0.05, 0.1) is 41.8 Å². The van der Waals surface area contributed by atoms with Gasteiger partial charge in [-0.25, -0.2) is 5.06 Å². The Kier molecular flexibility index (Phi) is 4.19. The number of nitro benzene ring substituents is 1. The molecule has 0 radical (unpaired) electrons. The lowest BCUT2D eigenvalue weighted by molar-refractivity contribution is -0.386. The average Bonchev–Trinajstić information content (AvgIpc) is 3.16. The van der Waals surface area contributed by atoms with Crippen molar-refractivity contribution in [3.63, 3.8) is 0 Å². The minimum atomic E-state index is -1.04. The van der Waals surface area contributed by atoms with Crippen molar-refractivity contribution in [1.29, 1.82) is 0 Å². The Balaban J connectivity index is 1.94. The fourth-order valence-electron chi connectivity index (χ4n) is 3.27. The second kappa shape index (κ2) is 6.57. The number of hydroxylamine groups is 2. The molecule has 0 aliphatic carbocycles. The fourth-order valence-corrected chi connectivity index (χ4v) is 3.27. The van der Waals surface area contributed by atoms with Crippen molar-refractivity contribution in [2.24, 2.45) is 4.99 Å². The van der Waals surface area contributed by atoms with Crippen molar-refractivity contribution in [1.82, 2.24) is 5.06 Å². The zero-order chi connectivity index (χ0) is 20.0. The molecule has 28 heavy (non-hydrogen) atoms. The van der Waals surface area contributed by atoms with Gasteiger partial charge >= 0.3 is 0 Å². The Morgan fingerprint density at radius 2 is 1.82 bits per heavy atom. The zero-order valence-corrected chi connectivity index (χ0v) is 15.3. The Morgan fingerprint density at radius 3 is 2.46 bits per heavy atom. The molecule has 2 aliphatic rings. The highest BCUT2D eigenvalue weighted by molar-refractivity contribution is 5.57. The molecule has 4 rings (SSSR count). The average molecular weight is 387 g/mol. The topological polar surface area (TPSA) is 116 Å². The number of hydrogen-bond acceptors (Lipinski definition) is 9. The van der Waals surface area contributed by atoms with E-state index in [1.165, 1.54) is 26.4 Å². The van der Waals surface area contributed by atoms with E-state index in [9.17, 15) is 15.3 Å². The Labute approximate surface area is 158 Å². The SMILES string of the molecule is COc1cc2c(cc1OC)=C(C)N(O)C(c1cc3c(cc1[N+](=O)[O-])OCO3)N=2. The van der Waals surface area contributed by atoms with E-state index >= 15 is 0 Å². The van der Waals surface area contributed by atoms with Crippen LogP contribution < -0.4 is 29.5 Å². The summed E-state index contributed by atoms with van der Waals surface area (Å²) in [6, 6.07) is 6.11. The summed E-state index contributed by atoms with van der Waals surface area (Å²) in [5, 5.41) is 24.3. The maximum Gasteiger partial charge on any atom is 0.280 e. The van der Waals surface area contributed by atoms with Crippen molar-refractivity contribution >= 4 is 11.4 Å². The van der Waals surface area contributed by atoms with Crippen LogP contribution in [-0.4, -0.2) is 36.2 Å². The number of nitro groups is 1. The molecule has 2 aromatic carbocycles. The monoisotopic (exact) mass is 387 g/mol. The summed E-state index contributed by atoms with van der Waals surface area (Å²) in [5.41, 5.74) is 0.410. The van der Waals surface area contributed by atoms with E-state index in [0.717, 1.165) is 5.06 Å². The van der Waals surface area contributed by atoms with Gasteiger partial charge in [-0.15, -0.1) is 0 Å². The second-order valence-electron chi connectivity index (χ2n) is 6.18. The smallest absolute Gasteiger partial charge is 0.280 e. The molecule has 0 saturated heterocycles. The zero-order valence-electron chi connectivity index (χ0n) is 15.3. The summed E-state index contributed by atoms with van der Waals surface area (Å²) in [4.78, 5) is 15.6. The summed E-state index contributed by atoms with van der Waals surface area (Å²) in [5.74, 6) is 1.59. The largest absolute Gasteiger partial charge is 0.493 e. The lowest BCUT2D eigenvalue weighted by Crippen LogP contribution is -2.40. The molecule has 2 heterocycles. The number of methoxy groups -OCH3 is 2. The van der Waals surface area contributed by atoms with Crippen LogP contribution in [0.3, 0.4) is 0 Å². The first-order chi connectivity index (χ1) is 13.4. The van der Waals surface area contributed by atoms with Gasteiger partial charge < -0.3 is 18.9 Å². The molecule has 146 valence electrons. The number of benzene rings is 2. The van der Waals surface area contributed by atoms with E-state index in [1.807, 2.05) is 0 Å². The van der Waals surface area contributed by atoms with Crippen LogP contribution in [0.1, 0.15) is 18.7 Å². The van der Waals surface area contributed by atoms with Gasteiger partial charge in [-0.3, -0.25) is 20.3 Å². The van der Waals surface area contributed by atoms with Gasteiger partial charge in [0.15, 0.2) is 29.2 Å². The standard InChI is InChI=1S/C18H17N3O7/c1-9-10-4-14(25-2)15(26-3)6-12(10)19-18(20(9)22)11-5-16-17(28-8-27-16)7-13(11)21(23)24/h4-7,18,22H,8H2,1-3H3. The molecule has 10 heteroatoms. The minimum Gasteiger partial charge on any atom is -0.493 e. The molecular formula is C18H17N3O7. The first-order valence-corrected chi connectivity index (χ1v) is 8.31. The first kappa shape index (κ1) is 17.9. The first-order valence-electron chi connectivity index (χ1n) is 8.31. The van der Waals surface area contributed by atoms with Gasteiger partial charge in [0.1, 0.15) is 0 Å². The Morgan fingerprint density at radius 1 is 1.18 bits per heavy atom. The van der Waals surface area contributed by atoms with E-state index in [-0.39, 0.29) is 23.8 Å². The van der Waals surface area contributed by atoms with E-state index < -0.39 is 11.1 Å². The van der Waals surface area contributed by atoms with Gasteiger partial charge in [0.25, 0.3) is 5.69 Å². The number of fused-ring (bicyclic) bond motifs is 2. The van der Waals surface area contributed by atoms with E-state index in [2.05, 4.69) is 4.99 Å². The maximum absolute atomic E-state index is 11.6. The van der Waals surface area contributed by atoms with E-state index in [4.69, 9.17) is 18.9 Å². The fraction of sp³-hybridized carbons (Fsp3) is 0.278. The molecule has 1 atom stereocenters. The third-order valence-electron chi connectivity index (χ3n) is 4.73. The predicted molar refractivity (Wildman–Crippen MR) is 95.0 cm³/mol. The van der Waals surface area contributed by atoms with Crippen LogP contribution >= 0.6 is 0 Å². The summed E-state index contributed by atoms with van der Waals surface area (Å²) < 4.78 is 21.2. The molecule has 0 saturated carbocycles. The van der Waals surface area contributed by atoms with Crippen molar-refractivity contribution in [3.8, 4) is 23.0 Å². The van der Waals surface area contributed by atoms with Gasteiger partial charge in [-0.2, -0.15) is 0 Å². The highest BCUT2D eigenvalue weighted by Gasteiger charge is 2.33. The van der Waals surface area contributed by atoms with Crippen molar-refractivity contribution < 1.29 is 29.1 Å². The summed E-state index contributed by atoms with van der Waals surface area (Å²) in [7, 11) is 3.01. The lowest BCUT2D eigenvalue weighted by Gasteiger charge is -2.28. The molecule has 1 N–H and O–H groups in total. The number of ether oxygens (including phenoxy) is 4. The quantitative estimate of drug-likeness (QED) is 0.620. The van der Waals surface area contributed by atoms with Crippen LogP contribution in [0.5, 0.6) is 23.0 Å². The van der Waals surface area contributed by atoms with Crippen LogP contribution in [0.25, 0.3) is 5.70 Å². The lowest BCUT2D eigenvalue weighted by atomic mass is 10.1. The summed E-state index contributed by atoms with van der Waals surface area (Å²) in [6.07, 6.45) is -1.04. The summed E-state index contributed by atoms with van der Waals surface area (Å²) in [6.45, 7) is 1.66. The molecule has 1 unspecified atom stereocenters. The predicted octanol–water partition coefficient (Wildman–Crippen LogP) is 1.49. The molecule has 0 bridgehead atoms. The van der Waals surface area contributed by atoms with Crippen LogP contribution in [-0.2, 0) is 0 Å². The van der Waals surface area contributed by atoms with E-state index in [1.54, 1.807) is 19.1 Å². The van der Waals surface area contributed by atoms with Crippen molar-refractivity contribution in [3.05, 3.63) is 50.5 Å². The minimum absolute atomic E-state index is 0.0223. The molecule has 2 aromatic rings.